The smallest absolute Gasteiger partial charge is 0.294 e. The van der Waals surface area contributed by atoms with E-state index in [0.29, 0.717) is 6.42 Å². The van der Waals surface area contributed by atoms with Gasteiger partial charge in [-0.1, -0.05) is 105 Å². The van der Waals surface area contributed by atoms with Gasteiger partial charge >= 0.3 is 0 Å². The zero-order valence-electron chi connectivity index (χ0n) is 58.4. The van der Waals surface area contributed by atoms with Gasteiger partial charge in [0.1, 0.15) is 33.8 Å². The number of anilines is 5. The second-order valence-electron chi connectivity index (χ2n) is 23.0. The van der Waals surface area contributed by atoms with E-state index in [1.165, 1.54) is 44.9 Å². The quantitative estimate of drug-likeness (QED) is 0.0137. The van der Waals surface area contributed by atoms with Crippen molar-refractivity contribution in [3.05, 3.63) is 174 Å². The van der Waals surface area contributed by atoms with Crippen molar-refractivity contribution in [2.24, 2.45) is 0 Å². The fourth-order valence-electron chi connectivity index (χ4n) is 10.8. The molecule has 10 rings (SSSR count). The molecule has 0 unspecified atom stereocenters. The SMILES string of the molecule is CCCCCCNc1ccnc2c(OC)cccc12.COCCCCCCNc1ccnc2c(OC)cccc12.COCCCCCNc1ccnc2cc(Cl)ccc12.COCCCCNc1ccnc2c(OC)cccc12.O=[N+]([O-])OCCCCCNc1ccnc2ccccc12. The summed E-state index contributed by atoms with van der Waals surface area (Å²) in [5, 5.41) is 32.8. The second kappa shape index (κ2) is 47.0. The van der Waals surface area contributed by atoms with Gasteiger partial charge in [-0.15, -0.1) is 10.1 Å². The van der Waals surface area contributed by atoms with E-state index in [1.807, 2.05) is 134 Å². The van der Waals surface area contributed by atoms with Gasteiger partial charge in [-0.3, -0.25) is 24.9 Å². The maximum atomic E-state index is 9.96. The van der Waals surface area contributed by atoms with Gasteiger partial charge in [-0.2, -0.15) is 0 Å². The Kier molecular flexibility index (Phi) is 37.3. The average molecular weight is 1360 g/mol. The number of hydrogen-bond acceptors (Lipinski definition) is 19. The summed E-state index contributed by atoms with van der Waals surface area (Å²) in [5.41, 5.74) is 10.2. The number of pyridine rings is 5. The number of rotatable bonds is 38. The third kappa shape index (κ3) is 27.1. The Labute approximate surface area is 583 Å². The first-order valence-electron chi connectivity index (χ1n) is 34.2. The van der Waals surface area contributed by atoms with Crippen LogP contribution in [0.5, 0.6) is 17.2 Å². The lowest BCUT2D eigenvalue weighted by Gasteiger charge is -2.11. The first-order valence-corrected chi connectivity index (χ1v) is 34.6. The van der Waals surface area contributed by atoms with Crippen molar-refractivity contribution in [3.8, 4) is 17.2 Å². The number of fused-ring (bicyclic) bond motifs is 5. The molecule has 0 radical (unpaired) electrons. The summed E-state index contributed by atoms with van der Waals surface area (Å²) in [5.74, 6) is 2.45. The molecule has 526 valence electrons. The van der Waals surface area contributed by atoms with Crippen molar-refractivity contribution < 1.29 is 38.3 Å². The monoisotopic (exact) mass is 1360 g/mol. The summed E-state index contributed by atoms with van der Waals surface area (Å²) in [6.07, 6.45) is 27.0. The molecule has 0 atom stereocenters. The fourth-order valence-corrected chi connectivity index (χ4v) is 10.9. The molecule has 5 heterocycles. The summed E-state index contributed by atoms with van der Waals surface area (Å²) in [7, 11) is 10.3. The van der Waals surface area contributed by atoms with Crippen molar-refractivity contribution >= 4 is 94.6 Å². The van der Waals surface area contributed by atoms with Gasteiger partial charge in [0.05, 0.1) is 39.0 Å². The van der Waals surface area contributed by atoms with Crippen molar-refractivity contribution in [1.29, 1.82) is 0 Å². The molecule has 5 N–H and O–H groups in total. The van der Waals surface area contributed by atoms with Crippen LogP contribution in [-0.4, -0.2) is 132 Å². The summed E-state index contributed by atoms with van der Waals surface area (Å²) in [6.45, 7) is 9.63. The molecule has 0 bridgehead atoms. The zero-order valence-corrected chi connectivity index (χ0v) is 59.2. The Hall–Kier alpha value is -9.08. The lowest BCUT2D eigenvalue weighted by molar-refractivity contribution is -0.757. The van der Waals surface area contributed by atoms with E-state index >= 15 is 0 Å². The number of unbranched alkanes of at least 4 members (excludes halogenated alkanes) is 11. The highest BCUT2D eigenvalue weighted by molar-refractivity contribution is 6.31. The Balaban J connectivity index is 0.000000193. The summed E-state index contributed by atoms with van der Waals surface area (Å²) < 4.78 is 31.2. The van der Waals surface area contributed by atoms with Crippen LogP contribution in [0.25, 0.3) is 54.5 Å². The number of nitrogens with zero attached hydrogens (tertiary/aromatic N) is 6. The molecule has 0 aliphatic carbocycles. The Morgan fingerprint density at radius 1 is 0.367 bits per heavy atom. The molecule has 5 aromatic carbocycles. The molecule has 20 nitrogen and oxygen atoms in total. The van der Waals surface area contributed by atoms with Crippen molar-refractivity contribution in [3.63, 3.8) is 0 Å². The Morgan fingerprint density at radius 3 is 1.12 bits per heavy atom. The lowest BCUT2D eigenvalue weighted by atomic mass is 10.1. The molecule has 0 aliphatic heterocycles. The van der Waals surface area contributed by atoms with E-state index in [9.17, 15) is 10.1 Å². The average Bonchev–Trinajstić information content (AvgIpc) is 0.845. The Bertz CT molecular complexity index is 3770. The van der Waals surface area contributed by atoms with Crippen LogP contribution in [0.3, 0.4) is 0 Å². The van der Waals surface area contributed by atoms with E-state index in [2.05, 4.69) is 81.5 Å². The largest absolute Gasteiger partial charge is 0.494 e. The summed E-state index contributed by atoms with van der Waals surface area (Å²) in [6, 6.07) is 41.8. The molecule has 10 aromatic rings. The third-order valence-electron chi connectivity index (χ3n) is 15.9. The van der Waals surface area contributed by atoms with Gasteiger partial charge in [0.15, 0.2) is 0 Å². The Morgan fingerprint density at radius 2 is 0.704 bits per heavy atom. The summed E-state index contributed by atoms with van der Waals surface area (Å²) >= 11 is 5.97. The number of halogens is 1. The highest BCUT2D eigenvalue weighted by atomic mass is 35.5. The van der Waals surface area contributed by atoms with Gasteiger partial charge in [0.2, 0.25) is 0 Å². The van der Waals surface area contributed by atoms with E-state index in [0.717, 1.165) is 209 Å². The van der Waals surface area contributed by atoms with Crippen LogP contribution in [0, 0.1) is 10.1 Å². The fraction of sp³-hybridized carbons (Fsp3) is 0.416. The number of methoxy groups -OCH3 is 6. The molecule has 0 saturated heterocycles. The van der Waals surface area contributed by atoms with Crippen LogP contribution in [0.4, 0.5) is 28.4 Å². The minimum Gasteiger partial charge on any atom is -0.494 e. The van der Waals surface area contributed by atoms with Crippen LogP contribution in [0.1, 0.15) is 110 Å². The molecule has 5 aromatic heterocycles. The zero-order chi connectivity index (χ0) is 69.6. The normalized spacial score (nSPS) is 10.7. The van der Waals surface area contributed by atoms with Crippen molar-refractivity contribution in [2.45, 2.75) is 110 Å². The predicted molar refractivity (Wildman–Crippen MR) is 404 cm³/mol. The molecule has 0 fully saturated rings. The van der Waals surface area contributed by atoms with Gasteiger partial charge < -0.3 is 59.8 Å². The highest BCUT2D eigenvalue weighted by Gasteiger charge is 2.10. The van der Waals surface area contributed by atoms with E-state index < -0.39 is 5.09 Å². The molecular formula is C77H102ClN11O9. The van der Waals surface area contributed by atoms with Crippen LogP contribution in [-0.2, 0) is 19.0 Å². The molecule has 0 saturated carbocycles. The summed E-state index contributed by atoms with van der Waals surface area (Å²) in [4.78, 5) is 36.1. The number of aromatic nitrogens is 5. The topological polar surface area (TPSA) is 232 Å². The first-order chi connectivity index (χ1) is 48.2. The molecule has 0 amide bonds. The van der Waals surface area contributed by atoms with Crippen LogP contribution in [0.15, 0.2) is 158 Å². The molecule has 21 heteroatoms. The van der Waals surface area contributed by atoms with E-state index in [-0.39, 0.29) is 6.61 Å². The highest BCUT2D eigenvalue weighted by Crippen LogP contribution is 2.32. The standard InChI is InChI=1S/C17H24N2O2.C16H22N2O.C15H19ClN2O.C15H20N2O2.C14H17N3O3/c1-20-13-6-4-3-5-11-18-15-10-12-19-17-14(15)8-7-9-16(17)21-2;1-3-4-5-6-11-17-14-10-12-18-16-13(14)8-7-9-15(16)19-2;1-19-10-4-2-3-8-17-14-7-9-18-15-11-12(16)5-6-13(14)15;1-18-11-4-3-9-16-13-8-10-17-15-12(13)6-5-7-14(15)19-2;18-17(19)20-11-5-1-4-9-15-14-8-10-16-13-7-3-2-6-12(13)14/h7-10,12H,3-6,11,13H2,1-2H3,(H,18,19);7-10,12H,3-6,11H2,1-2H3,(H,17,18);5-7,9,11H,2-4,8,10H2,1H3,(H,17,18);5-8,10H,3-4,9,11H2,1-2H3,(H,16,17);2-3,6-8,10H,1,4-5,9,11H2,(H,15,16). The maximum absolute atomic E-state index is 9.96. The van der Waals surface area contributed by atoms with Gasteiger partial charge in [-0.05, 0) is 143 Å². The number of benzene rings is 5. The van der Waals surface area contributed by atoms with E-state index in [4.69, 9.17) is 40.0 Å². The number of hydrogen-bond donors (Lipinski definition) is 5. The molecule has 98 heavy (non-hydrogen) atoms. The molecule has 0 spiro atoms. The second-order valence-corrected chi connectivity index (χ2v) is 23.4. The number of ether oxygens (including phenoxy) is 6. The van der Waals surface area contributed by atoms with Crippen molar-refractivity contribution in [2.75, 3.05) is 128 Å². The maximum Gasteiger partial charge on any atom is 0.294 e. The molecule has 0 aliphatic rings. The van der Waals surface area contributed by atoms with Crippen LogP contribution >= 0.6 is 11.6 Å². The lowest BCUT2D eigenvalue weighted by Crippen LogP contribution is -2.05. The minimum atomic E-state index is -0.749. The van der Waals surface area contributed by atoms with Crippen LogP contribution in [0.2, 0.25) is 5.02 Å². The predicted octanol–water partition coefficient (Wildman–Crippen LogP) is 18.3. The van der Waals surface area contributed by atoms with Gasteiger partial charge in [-0.25, -0.2) is 0 Å². The molecular weight excluding hydrogens is 1260 g/mol. The first kappa shape index (κ1) is 77.9. The van der Waals surface area contributed by atoms with Crippen molar-refractivity contribution in [1.82, 2.24) is 24.9 Å². The van der Waals surface area contributed by atoms with E-state index in [1.54, 1.807) is 48.9 Å². The van der Waals surface area contributed by atoms with Gasteiger partial charge in [0.25, 0.3) is 5.09 Å². The third-order valence-corrected chi connectivity index (χ3v) is 16.2. The number of nitrogens with one attached hydrogen (secondary N) is 5. The minimum absolute atomic E-state index is 0.172. The van der Waals surface area contributed by atoms with Gasteiger partial charge in [0, 0.05) is 165 Å². The number of para-hydroxylation sites is 4. The van der Waals surface area contributed by atoms with Crippen LogP contribution < -0.4 is 40.8 Å².